The van der Waals surface area contributed by atoms with Gasteiger partial charge < -0.3 is 9.47 Å². The summed E-state index contributed by atoms with van der Waals surface area (Å²) in [5.74, 6) is 0.734. The third kappa shape index (κ3) is 6.30. The van der Waals surface area contributed by atoms with E-state index in [4.69, 9.17) is 21.1 Å². The van der Waals surface area contributed by atoms with Crippen molar-refractivity contribution in [2.24, 2.45) is 0 Å². The smallest absolute Gasteiger partial charge is 0.293 e. The third-order valence-electron chi connectivity index (χ3n) is 5.09. The number of carbonyl (C=O) groups excluding carboxylic acids is 2. The lowest BCUT2D eigenvalue weighted by atomic mass is 10.1. The minimum absolute atomic E-state index is 0.220. The van der Waals surface area contributed by atoms with E-state index in [1.807, 2.05) is 61.5 Å². The highest BCUT2D eigenvalue weighted by molar-refractivity contribution is 9.10. The monoisotopic (exact) mass is 635 g/mol. The van der Waals surface area contributed by atoms with Gasteiger partial charge in [-0.1, -0.05) is 57.9 Å². The molecule has 3 aromatic rings. The molecule has 1 aliphatic heterocycles. The summed E-state index contributed by atoms with van der Waals surface area (Å²) in [6.07, 6.45) is 1.69. The van der Waals surface area contributed by atoms with Crippen molar-refractivity contribution in [2.75, 3.05) is 6.61 Å². The molecule has 1 fully saturated rings. The number of imide groups is 1. The van der Waals surface area contributed by atoms with Crippen molar-refractivity contribution < 1.29 is 19.1 Å². The molecule has 0 bridgehead atoms. The summed E-state index contributed by atoms with van der Waals surface area (Å²) in [4.78, 5) is 27.1. The number of thioether (sulfide) groups is 1. The van der Waals surface area contributed by atoms with Crippen molar-refractivity contribution in [3.63, 3.8) is 0 Å². The highest BCUT2D eigenvalue weighted by Gasteiger charge is 2.35. The molecule has 0 aliphatic carbocycles. The van der Waals surface area contributed by atoms with Gasteiger partial charge in [-0.3, -0.25) is 14.5 Å². The highest BCUT2D eigenvalue weighted by atomic mass is 79.9. The molecule has 4 rings (SSSR count). The van der Waals surface area contributed by atoms with Crippen LogP contribution in [-0.2, 0) is 17.9 Å². The van der Waals surface area contributed by atoms with E-state index in [0.29, 0.717) is 38.1 Å². The van der Waals surface area contributed by atoms with Gasteiger partial charge in [-0.15, -0.1) is 0 Å². The fourth-order valence-corrected chi connectivity index (χ4v) is 5.27. The third-order valence-corrected chi connectivity index (χ3v) is 7.48. The van der Waals surface area contributed by atoms with E-state index in [0.717, 1.165) is 27.4 Å². The molecule has 0 unspecified atom stereocenters. The molecule has 0 spiro atoms. The topological polar surface area (TPSA) is 55.8 Å². The molecule has 0 aromatic heterocycles. The van der Waals surface area contributed by atoms with Gasteiger partial charge in [0.2, 0.25) is 0 Å². The molecule has 5 nitrogen and oxygen atoms in total. The van der Waals surface area contributed by atoms with Crippen molar-refractivity contribution in [1.29, 1.82) is 0 Å². The van der Waals surface area contributed by atoms with Crippen LogP contribution in [0.5, 0.6) is 11.5 Å². The number of hydrogen-bond donors (Lipinski definition) is 0. The van der Waals surface area contributed by atoms with Gasteiger partial charge in [-0.2, -0.15) is 0 Å². The number of rotatable bonds is 8. The number of benzene rings is 3. The summed E-state index contributed by atoms with van der Waals surface area (Å²) in [6.45, 7) is 2.80. The van der Waals surface area contributed by atoms with Crippen LogP contribution in [0.15, 0.2) is 74.5 Å². The van der Waals surface area contributed by atoms with E-state index in [9.17, 15) is 9.59 Å². The van der Waals surface area contributed by atoms with Gasteiger partial charge in [0.15, 0.2) is 11.5 Å². The van der Waals surface area contributed by atoms with Crippen molar-refractivity contribution in [1.82, 2.24) is 4.90 Å². The van der Waals surface area contributed by atoms with Crippen molar-refractivity contribution in [3.05, 3.63) is 96.2 Å². The van der Waals surface area contributed by atoms with Gasteiger partial charge in [0, 0.05) is 15.1 Å². The summed E-state index contributed by atoms with van der Waals surface area (Å²) in [6, 6.07) is 18.6. The predicted octanol–water partition coefficient (Wildman–Crippen LogP) is 8.08. The number of amides is 2. The molecule has 0 radical (unpaired) electrons. The number of carbonyl (C=O) groups is 2. The van der Waals surface area contributed by atoms with Gasteiger partial charge >= 0.3 is 0 Å². The van der Waals surface area contributed by atoms with E-state index in [2.05, 4.69) is 31.9 Å². The normalized spacial score (nSPS) is 14.6. The van der Waals surface area contributed by atoms with E-state index in [1.165, 1.54) is 4.90 Å². The first-order chi connectivity index (χ1) is 16.9. The lowest BCUT2D eigenvalue weighted by molar-refractivity contribution is -0.123. The maximum atomic E-state index is 13.0. The van der Waals surface area contributed by atoms with E-state index in [-0.39, 0.29) is 24.3 Å². The minimum Gasteiger partial charge on any atom is -0.490 e. The maximum Gasteiger partial charge on any atom is 0.293 e. The second kappa shape index (κ2) is 11.6. The summed E-state index contributed by atoms with van der Waals surface area (Å²) in [5, 5.41) is 0.324. The molecule has 0 saturated carbocycles. The number of nitrogens with zero attached hydrogens (tertiary/aromatic N) is 1. The van der Waals surface area contributed by atoms with Gasteiger partial charge in [0.05, 0.1) is 22.5 Å². The molecular formula is C26H20Br2ClNO4S. The average Bonchev–Trinajstić information content (AvgIpc) is 3.08. The van der Waals surface area contributed by atoms with E-state index >= 15 is 0 Å². The Morgan fingerprint density at radius 1 is 1.03 bits per heavy atom. The zero-order valence-electron chi connectivity index (χ0n) is 18.6. The van der Waals surface area contributed by atoms with Crippen molar-refractivity contribution >= 4 is 72.4 Å². The molecular weight excluding hydrogens is 618 g/mol. The lowest BCUT2D eigenvalue weighted by Gasteiger charge is -2.15. The second-order valence-corrected chi connectivity index (χ2v) is 10.7. The Bertz CT molecular complexity index is 1300. The van der Waals surface area contributed by atoms with E-state index < -0.39 is 0 Å². The Morgan fingerprint density at radius 3 is 2.49 bits per heavy atom. The van der Waals surface area contributed by atoms with Crippen molar-refractivity contribution in [2.45, 2.75) is 20.1 Å². The fraction of sp³-hybridized carbons (Fsp3) is 0.154. The Balaban J connectivity index is 1.55. The molecule has 3 aromatic carbocycles. The Morgan fingerprint density at radius 2 is 1.77 bits per heavy atom. The standard InChI is InChI=1S/C26H20Br2ClNO4S/c1-2-33-22-12-17(11-20(28)24(22)34-15-18-5-3-4-6-21(18)29)13-23-25(31)30(26(32)35-23)14-16-7-9-19(27)10-8-16/h3-13H,2,14-15H2,1H3/b23-13-. The average molecular weight is 638 g/mol. The van der Waals surface area contributed by atoms with E-state index in [1.54, 1.807) is 12.1 Å². The summed E-state index contributed by atoms with van der Waals surface area (Å²) >= 11 is 14.1. The van der Waals surface area contributed by atoms with Crippen LogP contribution in [0.4, 0.5) is 4.79 Å². The molecule has 9 heteroatoms. The zero-order valence-corrected chi connectivity index (χ0v) is 23.3. The first kappa shape index (κ1) is 25.8. The number of halogens is 3. The lowest BCUT2D eigenvalue weighted by Crippen LogP contribution is -2.27. The molecule has 1 aliphatic rings. The molecule has 35 heavy (non-hydrogen) atoms. The SMILES string of the molecule is CCOc1cc(/C=C2\SC(=O)N(Cc3ccc(Br)cc3)C2=O)cc(Br)c1OCc1ccccc1Cl. The van der Waals surface area contributed by atoms with Crippen LogP contribution in [-0.4, -0.2) is 22.7 Å². The minimum atomic E-state index is -0.323. The maximum absolute atomic E-state index is 13.0. The first-order valence-electron chi connectivity index (χ1n) is 10.7. The van der Waals surface area contributed by atoms with Crippen LogP contribution in [0.3, 0.4) is 0 Å². The molecule has 0 atom stereocenters. The Hall–Kier alpha value is -2.26. The van der Waals surface area contributed by atoms with Crippen molar-refractivity contribution in [3.8, 4) is 11.5 Å². The molecule has 2 amide bonds. The molecule has 0 N–H and O–H groups in total. The largest absolute Gasteiger partial charge is 0.490 e. The van der Waals surface area contributed by atoms with Crippen LogP contribution >= 0.6 is 55.2 Å². The van der Waals surface area contributed by atoms with Gasteiger partial charge in [0.1, 0.15) is 6.61 Å². The van der Waals surface area contributed by atoms with Crippen LogP contribution in [0.2, 0.25) is 5.02 Å². The predicted molar refractivity (Wildman–Crippen MR) is 147 cm³/mol. The summed E-state index contributed by atoms with van der Waals surface area (Å²) in [7, 11) is 0. The zero-order chi connectivity index (χ0) is 24.9. The van der Waals surface area contributed by atoms with Gasteiger partial charge in [-0.25, -0.2) is 0 Å². The second-order valence-electron chi connectivity index (χ2n) is 7.54. The molecule has 1 heterocycles. The quantitative estimate of drug-likeness (QED) is 0.234. The molecule has 180 valence electrons. The van der Waals surface area contributed by atoms with Gasteiger partial charge in [-0.05, 0) is 82.2 Å². The Kier molecular flexibility index (Phi) is 8.59. The van der Waals surface area contributed by atoms with Crippen LogP contribution in [0.25, 0.3) is 6.08 Å². The number of hydrogen-bond acceptors (Lipinski definition) is 5. The van der Waals surface area contributed by atoms with Crippen LogP contribution in [0, 0.1) is 0 Å². The van der Waals surface area contributed by atoms with Crippen LogP contribution in [0.1, 0.15) is 23.6 Å². The van der Waals surface area contributed by atoms with Gasteiger partial charge in [0.25, 0.3) is 11.1 Å². The fourth-order valence-electron chi connectivity index (χ4n) is 3.40. The first-order valence-corrected chi connectivity index (χ1v) is 13.5. The highest BCUT2D eigenvalue weighted by Crippen LogP contribution is 2.40. The summed E-state index contributed by atoms with van der Waals surface area (Å²) < 4.78 is 13.4. The number of ether oxygens (including phenoxy) is 2. The summed E-state index contributed by atoms with van der Waals surface area (Å²) in [5.41, 5.74) is 2.43. The van der Waals surface area contributed by atoms with Crippen LogP contribution < -0.4 is 9.47 Å². The Labute approximate surface area is 229 Å². The molecule has 1 saturated heterocycles.